The number of benzene rings is 1. The normalized spacial score (nSPS) is 12.8. The first-order valence-corrected chi connectivity index (χ1v) is 7.27. The van der Waals surface area contributed by atoms with E-state index in [2.05, 4.69) is 10.1 Å². The van der Waals surface area contributed by atoms with Crippen LogP contribution in [0.4, 0.5) is 0 Å². The number of rotatable bonds is 2. The Bertz CT molecular complexity index is 764. The fourth-order valence-corrected chi connectivity index (χ4v) is 2.99. The van der Waals surface area contributed by atoms with Crippen LogP contribution in [0.15, 0.2) is 39.9 Å². The average molecular weight is 287 g/mol. The van der Waals surface area contributed by atoms with E-state index in [4.69, 9.17) is 9.66 Å². The van der Waals surface area contributed by atoms with E-state index in [1.54, 1.807) is 12.3 Å². The molecular weight excluding hydrogens is 274 g/mol. The number of pyridine rings is 1. The summed E-state index contributed by atoms with van der Waals surface area (Å²) in [5.41, 5.74) is 3.29. The minimum absolute atomic E-state index is 0.561. The Morgan fingerprint density at radius 1 is 1.30 bits per heavy atom. The minimum atomic E-state index is -1.58. The first-order chi connectivity index (χ1) is 9.58. The van der Waals surface area contributed by atoms with Crippen molar-refractivity contribution < 1.29 is 9.08 Å². The first kappa shape index (κ1) is 13.1. The van der Waals surface area contributed by atoms with Gasteiger partial charge in [0, 0.05) is 17.8 Å². The number of hydrogen-bond acceptors (Lipinski definition) is 5. The fourth-order valence-electron chi connectivity index (χ4n) is 2.35. The molecule has 1 unspecified atom stereocenters. The van der Waals surface area contributed by atoms with Crippen LogP contribution in [-0.2, 0) is 11.4 Å². The Labute approximate surface area is 119 Å². The highest BCUT2D eigenvalue weighted by Crippen LogP contribution is 2.32. The van der Waals surface area contributed by atoms with Crippen molar-refractivity contribution in [1.82, 2.24) is 10.1 Å². The van der Waals surface area contributed by atoms with Crippen LogP contribution < -0.4 is 5.14 Å². The van der Waals surface area contributed by atoms with Gasteiger partial charge in [-0.05, 0) is 37.6 Å². The number of fused-ring (bicyclic) bond motifs is 1. The zero-order valence-electron chi connectivity index (χ0n) is 11.1. The summed E-state index contributed by atoms with van der Waals surface area (Å²) in [4.78, 5) is 4.87. The zero-order chi connectivity index (χ0) is 14.3. The van der Waals surface area contributed by atoms with Crippen molar-refractivity contribution in [3.63, 3.8) is 0 Å². The monoisotopic (exact) mass is 287 g/mol. The topological polar surface area (TPSA) is 88.0 Å². The van der Waals surface area contributed by atoms with Crippen molar-refractivity contribution >= 4 is 22.3 Å². The third kappa shape index (κ3) is 2.07. The quantitative estimate of drug-likeness (QED) is 0.731. The van der Waals surface area contributed by atoms with Gasteiger partial charge in [-0.25, -0.2) is 0 Å². The molecule has 0 saturated carbocycles. The van der Waals surface area contributed by atoms with Gasteiger partial charge in [0.25, 0.3) is 0 Å². The molecule has 0 spiro atoms. The van der Waals surface area contributed by atoms with Gasteiger partial charge in [0.2, 0.25) is 0 Å². The molecule has 1 atom stereocenters. The molecule has 0 bridgehead atoms. The van der Waals surface area contributed by atoms with Crippen molar-refractivity contribution in [3.05, 3.63) is 41.9 Å². The highest BCUT2D eigenvalue weighted by molar-refractivity contribution is 7.89. The van der Waals surface area contributed by atoms with Gasteiger partial charge in [-0.3, -0.25) is 4.98 Å². The lowest BCUT2D eigenvalue weighted by molar-refractivity contribution is 0.393. The van der Waals surface area contributed by atoms with Gasteiger partial charge in [-0.2, -0.15) is 0 Å². The molecule has 6 heteroatoms. The molecule has 0 aliphatic carbocycles. The van der Waals surface area contributed by atoms with E-state index in [-0.39, 0.29) is 0 Å². The Morgan fingerprint density at radius 3 is 2.75 bits per heavy atom. The highest BCUT2D eigenvalue weighted by atomic mass is 32.2. The summed E-state index contributed by atoms with van der Waals surface area (Å²) in [7, 11) is 0. The SMILES string of the molecule is Cc1noc(C)c1-c1cc([S+](N)[O-])c2cccnc2c1. The van der Waals surface area contributed by atoms with Crippen molar-refractivity contribution in [3.8, 4) is 11.1 Å². The van der Waals surface area contributed by atoms with E-state index >= 15 is 0 Å². The number of aryl methyl sites for hydroxylation is 2. The maximum Gasteiger partial charge on any atom is 0.183 e. The molecule has 0 radical (unpaired) electrons. The molecule has 102 valence electrons. The molecule has 0 aliphatic heterocycles. The van der Waals surface area contributed by atoms with Crippen molar-refractivity contribution in [2.75, 3.05) is 0 Å². The molecular formula is C14H13N3O2S. The second-order valence-electron chi connectivity index (χ2n) is 4.54. The second-order valence-corrected chi connectivity index (χ2v) is 5.58. The van der Waals surface area contributed by atoms with Crippen LogP contribution in [0.1, 0.15) is 11.5 Å². The van der Waals surface area contributed by atoms with Crippen LogP contribution in [-0.4, -0.2) is 14.7 Å². The summed E-state index contributed by atoms with van der Waals surface area (Å²) < 4.78 is 17.0. The largest absolute Gasteiger partial charge is 0.593 e. The molecule has 5 nitrogen and oxygen atoms in total. The summed E-state index contributed by atoms with van der Waals surface area (Å²) in [6, 6.07) is 7.40. The minimum Gasteiger partial charge on any atom is -0.593 e. The number of nitrogens with two attached hydrogens (primary N) is 1. The number of hydrogen-bond donors (Lipinski definition) is 1. The first-order valence-electron chi connectivity index (χ1n) is 6.06. The molecule has 0 fully saturated rings. The summed E-state index contributed by atoms with van der Waals surface area (Å²) in [6.07, 6.45) is 1.70. The molecule has 2 N–H and O–H groups in total. The van der Waals surface area contributed by atoms with Crippen molar-refractivity contribution in [2.24, 2.45) is 5.14 Å². The van der Waals surface area contributed by atoms with E-state index in [1.807, 2.05) is 32.0 Å². The van der Waals surface area contributed by atoms with Crippen LogP contribution in [0.5, 0.6) is 0 Å². The highest BCUT2D eigenvalue weighted by Gasteiger charge is 2.18. The molecule has 3 aromatic rings. The van der Waals surface area contributed by atoms with E-state index in [1.165, 1.54) is 0 Å². The Hall–Kier alpha value is -1.89. The smallest absolute Gasteiger partial charge is 0.183 e. The molecule has 3 rings (SSSR count). The molecule has 1 aromatic carbocycles. The third-order valence-corrected chi connectivity index (χ3v) is 3.99. The predicted molar refractivity (Wildman–Crippen MR) is 77.3 cm³/mol. The van der Waals surface area contributed by atoms with E-state index in [0.717, 1.165) is 27.7 Å². The maximum atomic E-state index is 11.8. The zero-order valence-corrected chi connectivity index (χ0v) is 11.9. The summed E-state index contributed by atoms with van der Waals surface area (Å²) in [5, 5.41) is 10.3. The van der Waals surface area contributed by atoms with E-state index in [0.29, 0.717) is 10.7 Å². The summed E-state index contributed by atoms with van der Waals surface area (Å²) in [5.74, 6) is 0.714. The second kappa shape index (κ2) is 4.90. The Kier molecular flexibility index (Phi) is 3.21. The van der Waals surface area contributed by atoms with Gasteiger partial charge < -0.3 is 9.08 Å². The Morgan fingerprint density at radius 2 is 2.10 bits per heavy atom. The van der Waals surface area contributed by atoms with Crippen LogP contribution in [0.2, 0.25) is 0 Å². The number of nitrogens with zero attached hydrogens (tertiary/aromatic N) is 2. The molecule has 0 aliphatic rings. The predicted octanol–water partition coefficient (Wildman–Crippen LogP) is 2.49. The average Bonchev–Trinajstić information content (AvgIpc) is 2.77. The van der Waals surface area contributed by atoms with Gasteiger partial charge in [0.05, 0.1) is 28.0 Å². The van der Waals surface area contributed by atoms with E-state index < -0.39 is 11.4 Å². The van der Waals surface area contributed by atoms with Crippen LogP contribution >= 0.6 is 0 Å². The van der Waals surface area contributed by atoms with Crippen molar-refractivity contribution in [2.45, 2.75) is 18.7 Å². The lowest BCUT2D eigenvalue weighted by Gasteiger charge is -2.09. The molecule has 2 heterocycles. The fraction of sp³-hybridized carbons (Fsp3) is 0.143. The van der Waals surface area contributed by atoms with Crippen LogP contribution in [0.25, 0.3) is 22.0 Å². The Balaban J connectivity index is 2.33. The van der Waals surface area contributed by atoms with Gasteiger partial charge >= 0.3 is 0 Å². The third-order valence-electron chi connectivity index (χ3n) is 3.22. The maximum absolute atomic E-state index is 11.8. The lowest BCUT2D eigenvalue weighted by Crippen LogP contribution is -2.13. The standard InChI is InChI=1S/C14H13N3O2S/c1-8-14(9(2)19-17-8)10-6-12-11(4-3-5-16-12)13(7-10)20(15)18/h3-7H,15H2,1-2H3. The van der Waals surface area contributed by atoms with E-state index in [9.17, 15) is 4.55 Å². The van der Waals surface area contributed by atoms with Gasteiger partial charge in [0.1, 0.15) is 5.76 Å². The molecule has 20 heavy (non-hydrogen) atoms. The van der Waals surface area contributed by atoms with Crippen molar-refractivity contribution in [1.29, 1.82) is 0 Å². The molecule has 0 amide bonds. The molecule has 2 aromatic heterocycles. The van der Waals surface area contributed by atoms with Gasteiger partial charge in [-0.15, -0.1) is 5.14 Å². The van der Waals surface area contributed by atoms with Gasteiger partial charge in [0.15, 0.2) is 4.90 Å². The summed E-state index contributed by atoms with van der Waals surface area (Å²) in [6.45, 7) is 3.71. The lowest BCUT2D eigenvalue weighted by atomic mass is 10.0. The van der Waals surface area contributed by atoms with Gasteiger partial charge in [-0.1, -0.05) is 5.16 Å². The summed E-state index contributed by atoms with van der Waals surface area (Å²) >= 11 is -1.58. The van der Waals surface area contributed by atoms with Crippen LogP contribution in [0, 0.1) is 13.8 Å². The molecule has 0 saturated heterocycles. The number of aromatic nitrogens is 2. The van der Waals surface area contributed by atoms with Crippen LogP contribution in [0.3, 0.4) is 0 Å².